The van der Waals surface area contributed by atoms with Gasteiger partial charge in [-0.15, -0.1) is 0 Å². The smallest absolute Gasteiger partial charge is 0.416 e. The van der Waals surface area contributed by atoms with Crippen LogP contribution < -0.4 is 20.1 Å². The number of benzene rings is 6. The van der Waals surface area contributed by atoms with Crippen LogP contribution in [-0.4, -0.2) is 35.5 Å². The number of allylic oxidation sites excluding steroid dienone is 4. The number of hydrogen-bond acceptors (Lipinski definition) is 7. The summed E-state index contributed by atoms with van der Waals surface area (Å²) >= 11 is 0. The maximum Gasteiger partial charge on any atom is 0.416 e. The molecule has 20 heteroatoms. The molecule has 2 aliphatic rings. The SMILES string of the molecule is CC(=O)Nc1cc(C(=O)O)cc(C2=C(c3cc(C(F)(F)F)ccc3OCc3ccc(F)cc3F)CCC2)c1.CCOC(=O)c1cc(NC(C)=O)cc(C2=C(c3cc(C(F)(F)F)ccc3OCc3ccc(F)cc3F)CCC2)c1. The maximum atomic E-state index is 14.2. The van der Waals surface area contributed by atoms with Gasteiger partial charge in [-0.05, 0) is 176 Å². The average molecular weight is 1090 g/mol. The highest BCUT2D eigenvalue weighted by Crippen LogP contribution is 2.47. The summed E-state index contributed by atoms with van der Waals surface area (Å²) in [6, 6.07) is 20.9. The summed E-state index contributed by atoms with van der Waals surface area (Å²) in [6.07, 6.45) is -6.34. The molecule has 0 saturated heterocycles. The number of alkyl halides is 6. The van der Waals surface area contributed by atoms with Crippen molar-refractivity contribution in [2.75, 3.05) is 17.2 Å². The fourth-order valence-corrected chi connectivity index (χ4v) is 9.05. The Balaban J connectivity index is 0.000000226. The molecule has 0 atom stereocenters. The largest absolute Gasteiger partial charge is 0.488 e. The number of aromatic carboxylic acids is 1. The molecule has 408 valence electrons. The molecule has 6 aromatic rings. The molecular formula is C58H48F10N2O8. The zero-order chi connectivity index (χ0) is 56.6. The highest BCUT2D eigenvalue weighted by atomic mass is 19.4. The van der Waals surface area contributed by atoms with E-state index in [1.807, 2.05) is 0 Å². The predicted octanol–water partition coefficient (Wildman–Crippen LogP) is 15.1. The van der Waals surface area contributed by atoms with Crippen LogP contribution in [0.2, 0.25) is 0 Å². The van der Waals surface area contributed by atoms with Crippen molar-refractivity contribution >= 4 is 57.4 Å². The second kappa shape index (κ2) is 24.3. The minimum Gasteiger partial charge on any atom is -0.488 e. The number of esters is 1. The fraction of sp³-hybridized carbons (Fsp3) is 0.241. The van der Waals surface area contributed by atoms with Gasteiger partial charge in [0, 0.05) is 59.6 Å². The molecule has 0 radical (unpaired) electrons. The number of carboxylic acid groups (broad SMARTS) is 1. The number of amides is 2. The van der Waals surface area contributed by atoms with Gasteiger partial charge in [-0.3, -0.25) is 9.59 Å². The summed E-state index contributed by atoms with van der Waals surface area (Å²) in [5.74, 6) is -5.70. The molecule has 0 saturated carbocycles. The van der Waals surface area contributed by atoms with Crippen LogP contribution in [0.25, 0.3) is 22.3 Å². The van der Waals surface area contributed by atoms with Crippen LogP contribution in [0.1, 0.15) is 125 Å². The lowest BCUT2D eigenvalue weighted by Crippen LogP contribution is -2.10. The van der Waals surface area contributed by atoms with Gasteiger partial charge in [0.2, 0.25) is 11.8 Å². The third-order valence-electron chi connectivity index (χ3n) is 12.5. The molecule has 10 nitrogen and oxygen atoms in total. The number of halogens is 10. The van der Waals surface area contributed by atoms with Crippen LogP contribution in [0.5, 0.6) is 11.5 Å². The molecule has 2 aliphatic carbocycles. The summed E-state index contributed by atoms with van der Waals surface area (Å²) in [5.41, 5.74) is 2.55. The van der Waals surface area contributed by atoms with Crippen molar-refractivity contribution in [3.8, 4) is 11.5 Å². The molecule has 2 amide bonds. The molecule has 0 heterocycles. The van der Waals surface area contributed by atoms with Crippen molar-refractivity contribution in [1.29, 1.82) is 0 Å². The molecule has 8 rings (SSSR count). The second-order valence-electron chi connectivity index (χ2n) is 18.1. The summed E-state index contributed by atoms with van der Waals surface area (Å²) in [5, 5.41) is 14.7. The van der Waals surface area contributed by atoms with E-state index >= 15 is 0 Å². The molecule has 6 aromatic carbocycles. The number of hydrogen-bond donors (Lipinski definition) is 3. The number of rotatable bonds is 15. The van der Waals surface area contributed by atoms with Gasteiger partial charge in [0.1, 0.15) is 48.0 Å². The van der Waals surface area contributed by atoms with E-state index in [4.69, 9.17) is 14.2 Å². The van der Waals surface area contributed by atoms with Gasteiger partial charge in [-0.25, -0.2) is 27.2 Å². The zero-order valence-electron chi connectivity index (χ0n) is 41.8. The average Bonchev–Trinajstić information content (AvgIpc) is 4.10. The zero-order valence-corrected chi connectivity index (χ0v) is 41.8. The number of carbonyl (C=O) groups excluding carboxylic acids is 3. The van der Waals surface area contributed by atoms with Crippen LogP contribution in [0.15, 0.2) is 109 Å². The number of carbonyl (C=O) groups is 4. The number of anilines is 2. The first-order valence-corrected chi connectivity index (χ1v) is 24.2. The number of nitrogens with one attached hydrogen (secondary N) is 2. The first-order valence-electron chi connectivity index (χ1n) is 24.2. The van der Waals surface area contributed by atoms with E-state index in [0.29, 0.717) is 89.8 Å². The summed E-state index contributed by atoms with van der Waals surface area (Å²) in [6.45, 7) is 3.68. The summed E-state index contributed by atoms with van der Waals surface area (Å²) < 4.78 is 153. The third-order valence-corrected chi connectivity index (χ3v) is 12.5. The highest BCUT2D eigenvalue weighted by Gasteiger charge is 2.34. The minimum absolute atomic E-state index is 0.0204. The Labute approximate surface area is 440 Å². The van der Waals surface area contributed by atoms with Crippen molar-refractivity contribution in [1.82, 2.24) is 0 Å². The Morgan fingerprint density at radius 1 is 0.526 bits per heavy atom. The quantitative estimate of drug-likeness (QED) is 0.0682. The predicted molar refractivity (Wildman–Crippen MR) is 270 cm³/mol. The molecule has 0 bridgehead atoms. The Morgan fingerprint density at radius 3 is 1.32 bits per heavy atom. The van der Waals surface area contributed by atoms with E-state index in [1.54, 1.807) is 25.1 Å². The standard InChI is InChI=1S/C30H26F5NO4.C28H22F5NO4/c1-3-39-29(38)20-11-19(12-23(13-20)36-17(2)37)24-5-4-6-25(24)26-14-21(30(33,34)35)8-10-28(26)40-16-18-7-9-22(31)15-27(18)32;1-15(35)34-21-10-17(9-18(11-21)27(36)37)22-3-2-4-23(22)24-12-19(28(31,32)33)6-8-26(24)38-14-16-5-7-20(29)13-25(16)30/h7-15H,3-6,16H2,1-2H3,(H,36,37);5-13H,2-4,14H2,1H3,(H,34,35)(H,36,37). The second-order valence-corrected chi connectivity index (χ2v) is 18.1. The van der Waals surface area contributed by atoms with E-state index in [-0.39, 0.29) is 76.3 Å². The Morgan fingerprint density at radius 2 is 0.936 bits per heavy atom. The topological polar surface area (TPSA) is 140 Å². The van der Waals surface area contributed by atoms with Crippen LogP contribution in [0.4, 0.5) is 55.3 Å². The molecule has 0 aliphatic heterocycles. The van der Waals surface area contributed by atoms with E-state index in [0.717, 1.165) is 42.5 Å². The first kappa shape index (κ1) is 57.3. The maximum absolute atomic E-state index is 14.2. The molecule has 0 fully saturated rings. The van der Waals surface area contributed by atoms with Gasteiger partial charge >= 0.3 is 24.3 Å². The third kappa shape index (κ3) is 14.3. The monoisotopic (exact) mass is 1090 g/mol. The van der Waals surface area contributed by atoms with Crippen LogP contribution in [0.3, 0.4) is 0 Å². The molecule has 0 unspecified atom stereocenters. The molecule has 78 heavy (non-hydrogen) atoms. The van der Waals surface area contributed by atoms with Gasteiger partial charge in [0.25, 0.3) is 0 Å². The van der Waals surface area contributed by atoms with Crippen molar-refractivity contribution < 1.29 is 82.4 Å². The Kier molecular flexibility index (Phi) is 17.8. The van der Waals surface area contributed by atoms with Gasteiger partial charge < -0.3 is 30.0 Å². The van der Waals surface area contributed by atoms with E-state index in [1.165, 1.54) is 50.2 Å². The van der Waals surface area contributed by atoms with Crippen molar-refractivity contribution in [2.24, 2.45) is 0 Å². The molecule has 0 aromatic heterocycles. The van der Waals surface area contributed by atoms with E-state index < -0.39 is 64.6 Å². The van der Waals surface area contributed by atoms with Crippen LogP contribution >= 0.6 is 0 Å². The lowest BCUT2D eigenvalue weighted by molar-refractivity contribution is -0.138. The Bertz CT molecular complexity index is 3370. The summed E-state index contributed by atoms with van der Waals surface area (Å²) in [7, 11) is 0. The van der Waals surface area contributed by atoms with E-state index in [2.05, 4.69) is 10.6 Å². The fourth-order valence-electron chi connectivity index (χ4n) is 9.05. The van der Waals surface area contributed by atoms with Gasteiger partial charge in [-0.2, -0.15) is 26.3 Å². The Hall–Kier alpha value is -8.42. The lowest BCUT2D eigenvalue weighted by atomic mass is 9.93. The lowest BCUT2D eigenvalue weighted by Gasteiger charge is -2.18. The molecular weight excluding hydrogens is 1040 g/mol. The minimum atomic E-state index is -4.64. The van der Waals surface area contributed by atoms with Gasteiger partial charge in [-0.1, -0.05) is 0 Å². The van der Waals surface area contributed by atoms with Crippen LogP contribution in [0, 0.1) is 23.3 Å². The normalized spacial score (nSPS) is 13.4. The van der Waals surface area contributed by atoms with E-state index in [9.17, 15) is 68.2 Å². The van der Waals surface area contributed by atoms with Crippen molar-refractivity contribution in [3.05, 3.63) is 188 Å². The molecule has 0 spiro atoms. The number of carboxylic acids is 1. The van der Waals surface area contributed by atoms with Gasteiger partial charge in [0.15, 0.2) is 0 Å². The van der Waals surface area contributed by atoms with Gasteiger partial charge in [0.05, 0.1) is 28.9 Å². The van der Waals surface area contributed by atoms with Crippen molar-refractivity contribution in [2.45, 2.75) is 84.9 Å². The van der Waals surface area contributed by atoms with Crippen molar-refractivity contribution in [3.63, 3.8) is 0 Å². The summed E-state index contributed by atoms with van der Waals surface area (Å²) in [4.78, 5) is 47.6. The van der Waals surface area contributed by atoms with Crippen LogP contribution in [-0.2, 0) is 39.9 Å². The first-order chi connectivity index (χ1) is 36.9. The highest BCUT2D eigenvalue weighted by molar-refractivity contribution is 6.01. The number of ether oxygens (including phenoxy) is 3. The molecule has 3 N–H and O–H groups in total.